The number of para-hydroxylation sites is 1. The molecule has 1 fully saturated rings. The van der Waals surface area contributed by atoms with Gasteiger partial charge in [-0.1, -0.05) is 30.3 Å². The lowest BCUT2D eigenvalue weighted by Crippen LogP contribution is -2.32. The molecule has 7 nitrogen and oxygen atoms in total. The summed E-state index contributed by atoms with van der Waals surface area (Å²) in [7, 11) is 0. The molecule has 2 heterocycles. The number of amides is 3. The van der Waals surface area contributed by atoms with Crippen LogP contribution < -0.4 is 10.6 Å². The summed E-state index contributed by atoms with van der Waals surface area (Å²) >= 11 is 0. The summed E-state index contributed by atoms with van der Waals surface area (Å²) in [5, 5.41) is 10.6. The molecular formula is C25H27N5O2. The number of hydrogen-bond donors (Lipinski definition) is 2. The summed E-state index contributed by atoms with van der Waals surface area (Å²) in [6.07, 6.45) is 4.97. The summed E-state index contributed by atoms with van der Waals surface area (Å²) in [6, 6.07) is 17.5. The highest BCUT2D eigenvalue weighted by Gasteiger charge is 2.26. The van der Waals surface area contributed by atoms with E-state index in [-0.39, 0.29) is 11.9 Å². The molecule has 2 aliphatic rings. The number of aromatic nitrogens is 2. The minimum Gasteiger partial charge on any atom is -0.347 e. The fraction of sp³-hybridized carbons (Fsp3) is 0.320. The van der Waals surface area contributed by atoms with Crippen LogP contribution in [0, 0.1) is 0 Å². The van der Waals surface area contributed by atoms with Crippen molar-refractivity contribution < 1.29 is 9.59 Å². The third kappa shape index (κ3) is 4.10. The van der Waals surface area contributed by atoms with Gasteiger partial charge in [-0.25, -0.2) is 9.48 Å². The molecule has 3 amide bonds. The molecule has 1 saturated heterocycles. The Balaban J connectivity index is 1.27. The molecule has 32 heavy (non-hydrogen) atoms. The molecule has 1 aliphatic heterocycles. The number of fused-ring (bicyclic) bond motifs is 1. The predicted octanol–water partition coefficient (Wildman–Crippen LogP) is 3.92. The van der Waals surface area contributed by atoms with E-state index in [0.29, 0.717) is 12.2 Å². The second-order valence-electron chi connectivity index (χ2n) is 8.38. The number of urea groups is 1. The summed E-state index contributed by atoms with van der Waals surface area (Å²) in [5.41, 5.74) is 5.34. The van der Waals surface area contributed by atoms with Gasteiger partial charge in [0.15, 0.2) is 5.69 Å². The van der Waals surface area contributed by atoms with E-state index in [1.807, 2.05) is 64.2 Å². The zero-order chi connectivity index (χ0) is 21.9. The van der Waals surface area contributed by atoms with E-state index in [1.54, 1.807) is 0 Å². The number of hydrogen-bond acceptors (Lipinski definition) is 3. The van der Waals surface area contributed by atoms with Crippen LogP contribution in [0.5, 0.6) is 0 Å². The lowest BCUT2D eigenvalue weighted by atomic mass is 10.1. The van der Waals surface area contributed by atoms with Gasteiger partial charge in [-0.05, 0) is 61.9 Å². The topological polar surface area (TPSA) is 79.3 Å². The van der Waals surface area contributed by atoms with E-state index in [0.717, 1.165) is 73.4 Å². The van der Waals surface area contributed by atoms with Crippen LogP contribution in [0.2, 0.25) is 0 Å². The Labute approximate surface area is 187 Å². The van der Waals surface area contributed by atoms with Crippen molar-refractivity contribution in [2.75, 3.05) is 18.4 Å². The first-order chi connectivity index (χ1) is 15.7. The monoisotopic (exact) mass is 429 g/mol. The largest absolute Gasteiger partial charge is 0.347 e. The summed E-state index contributed by atoms with van der Waals surface area (Å²) in [6.45, 7) is 1.99. The van der Waals surface area contributed by atoms with Crippen LogP contribution in [-0.2, 0) is 19.4 Å². The smallest absolute Gasteiger partial charge is 0.321 e. The van der Waals surface area contributed by atoms with Crippen LogP contribution in [-0.4, -0.2) is 39.7 Å². The molecule has 0 bridgehead atoms. The van der Waals surface area contributed by atoms with Gasteiger partial charge in [0, 0.05) is 36.6 Å². The third-order valence-corrected chi connectivity index (χ3v) is 6.17. The van der Waals surface area contributed by atoms with Crippen LogP contribution in [0.1, 0.15) is 46.6 Å². The molecule has 7 heteroatoms. The average Bonchev–Trinajstić information content (AvgIpc) is 3.57. The van der Waals surface area contributed by atoms with E-state index in [1.165, 1.54) is 0 Å². The molecule has 5 rings (SSSR count). The number of nitrogens with zero attached hydrogens (tertiary/aromatic N) is 3. The van der Waals surface area contributed by atoms with E-state index >= 15 is 0 Å². The van der Waals surface area contributed by atoms with Crippen molar-refractivity contribution in [1.29, 1.82) is 0 Å². The van der Waals surface area contributed by atoms with Crippen molar-refractivity contribution in [1.82, 2.24) is 20.0 Å². The standard InChI is InChI=1S/C25H27N5O2/c31-24(23-21-12-7-13-22(21)30(28-23)20-10-2-1-3-11-20)26-17-18-8-6-9-19(16-18)27-25(32)29-14-4-5-15-29/h1-3,6,8-11,16H,4-5,7,12-15,17H2,(H,26,31)(H,27,32). The van der Waals surface area contributed by atoms with E-state index in [2.05, 4.69) is 15.7 Å². The fourth-order valence-electron chi connectivity index (χ4n) is 4.55. The summed E-state index contributed by atoms with van der Waals surface area (Å²) in [4.78, 5) is 27.2. The highest BCUT2D eigenvalue weighted by atomic mass is 16.2. The number of rotatable bonds is 5. The first-order valence-electron chi connectivity index (χ1n) is 11.3. The SMILES string of the molecule is O=C(NCc1cccc(NC(=O)N2CCCC2)c1)c1nn(-c2ccccc2)c2c1CCC2. The minimum absolute atomic E-state index is 0.0642. The van der Waals surface area contributed by atoms with Crippen molar-refractivity contribution in [3.05, 3.63) is 77.1 Å². The maximum absolute atomic E-state index is 13.0. The lowest BCUT2D eigenvalue weighted by molar-refractivity contribution is 0.0944. The van der Waals surface area contributed by atoms with E-state index < -0.39 is 0 Å². The Morgan fingerprint density at radius 2 is 1.75 bits per heavy atom. The van der Waals surface area contributed by atoms with Gasteiger partial charge in [0.05, 0.1) is 5.69 Å². The van der Waals surface area contributed by atoms with E-state index in [9.17, 15) is 9.59 Å². The summed E-state index contributed by atoms with van der Waals surface area (Å²) < 4.78 is 1.91. The molecule has 0 saturated carbocycles. The highest BCUT2D eigenvalue weighted by Crippen LogP contribution is 2.27. The molecule has 2 aromatic carbocycles. The van der Waals surface area contributed by atoms with Gasteiger partial charge in [0.25, 0.3) is 5.91 Å². The van der Waals surface area contributed by atoms with Crippen LogP contribution >= 0.6 is 0 Å². The molecule has 0 spiro atoms. The van der Waals surface area contributed by atoms with Crippen LogP contribution in [0.25, 0.3) is 5.69 Å². The fourth-order valence-corrected chi connectivity index (χ4v) is 4.55. The quantitative estimate of drug-likeness (QED) is 0.645. The van der Waals surface area contributed by atoms with Crippen LogP contribution in [0.4, 0.5) is 10.5 Å². The zero-order valence-corrected chi connectivity index (χ0v) is 18.0. The van der Waals surface area contributed by atoms with Gasteiger partial charge >= 0.3 is 6.03 Å². The maximum Gasteiger partial charge on any atom is 0.321 e. The Morgan fingerprint density at radius 3 is 2.56 bits per heavy atom. The van der Waals surface area contributed by atoms with Crippen molar-refractivity contribution >= 4 is 17.6 Å². The van der Waals surface area contributed by atoms with Crippen molar-refractivity contribution in [3.8, 4) is 5.69 Å². The number of anilines is 1. The summed E-state index contributed by atoms with van der Waals surface area (Å²) in [5.74, 6) is -0.163. The molecule has 164 valence electrons. The Hall–Kier alpha value is -3.61. The van der Waals surface area contributed by atoms with Gasteiger partial charge in [0.1, 0.15) is 0 Å². The molecule has 2 N–H and O–H groups in total. The first-order valence-corrected chi connectivity index (χ1v) is 11.3. The van der Waals surface area contributed by atoms with Gasteiger partial charge in [-0.2, -0.15) is 5.10 Å². The van der Waals surface area contributed by atoms with Crippen LogP contribution in [0.3, 0.4) is 0 Å². The normalized spacial score (nSPS) is 14.9. The average molecular weight is 430 g/mol. The number of carbonyl (C=O) groups is 2. The van der Waals surface area contributed by atoms with Gasteiger partial charge < -0.3 is 15.5 Å². The molecule has 0 atom stereocenters. The third-order valence-electron chi connectivity index (χ3n) is 6.17. The maximum atomic E-state index is 13.0. The number of carbonyl (C=O) groups excluding carboxylic acids is 2. The molecule has 0 unspecified atom stereocenters. The lowest BCUT2D eigenvalue weighted by Gasteiger charge is -2.16. The zero-order valence-electron chi connectivity index (χ0n) is 18.0. The minimum atomic E-state index is -0.163. The number of benzene rings is 2. The highest BCUT2D eigenvalue weighted by molar-refractivity contribution is 5.94. The van der Waals surface area contributed by atoms with Crippen molar-refractivity contribution in [2.45, 2.75) is 38.6 Å². The first kappa shape index (κ1) is 20.3. The second-order valence-corrected chi connectivity index (χ2v) is 8.38. The molecule has 1 aromatic heterocycles. The molecule has 1 aliphatic carbocycles. The number of nitrogens with one attached hydrogen (secondary N) is 2. The Morgan fingerprint density at radius 1 is 0.938 bits per heavy atom. The van der Waals surface area contributed by atoms with Gasteiger partial charge in [-0.15, -0.1) is 0 Å². The van der Waals surface area contributed by atoms with Crippen molar-refractivity contribution in [2.24, 2.45) is 0 Å². The Bertz CT molecular complexity index is 1130. The number of likely N-dealkylation sites (tertiary alicyclic amines) is 1. The van der Waals surface area contributed by atoms with Crippen LogP contribution in [0.15, 0.2) is 54.6 Å². The molecule has 0 radical (unpaired) electrons. The van der Waals surface area contributed by atoms with Crippen molar-refractivity contribution in [3.63, 3.8) is 0 Å². The molecular weight excluding hydrogens is 402 g/mol. The van der Waals surface area contributed by atoms with Gasteiger partial charge in [-0.3, -0.25) is 4.79 Å². The molecule has 3 aromatic rings. The second kappa shape index (κ2) is 8.86. The predicted molar refractivity (Wildman–Crippen MR) is 123 cm³/mol. The van der Waals surface area contributed by atoms with E-state index in [4.69, 9.17) is 0 Å². The Kier molecular flexibility index (Phi) is 5.62. The van der Waals surface area contributed by atoms with Gasteiger partial charge in [0.2, 0.25) is 0 Å².